The molecule has 1 heterocycles. The van der Waals surface area contributed by atoms with E-state index < -0.39 is 24.5 Å². The van der Waals surface area contributed by atoms with E-state index >= 15 is 0 Å². The van der Waals surface area contributed by atoms with Crippen LogP contribution in [0.2, 0.25) is 0 Å². The standard InChI is InChI=1S/C15H20F4N2O/c1-22-14-10-11(16)2-3-12(14)13(4-5-15(17,18)19)21-8-6-20-7-9-21/h2-3,10,13,20H,4-9H2,1H3/t13-/m1/s1. The summed E-state index contributed by atoms with van der Waals surface area (Å²) in [5.74, 6) is -0.166. The Morgan fingerprint density at radius 1 is 1.27 bits per heavy atom. The van der Waals surface area contributed by atoms with Gasteiger partial charge in [0.2, 0.25) is 0 Å². The van der Waals surface area contributed by atoms with Crippen molar-refractivity contribution in [2.24, 2.45) is 0 Å². The molecule has 1 fully saturated rings. The van der Waals surface area contributed by atoms with E-state index in [2.05, 4.69) is 5.32 Å². The summed E-state index contributed by atoms with van der Waals surface area (Å²) in [6.07, 6.45) is -5.15. The van der Waals surface area contributed by atoms with Crippen LogP contribution in [0.3, 0.4) is 0 Å². The van der Waals surface area contributed by atoms with Crippen LogP contribution >= 0.6 is 0 Å². The molecule has 3 nitrogen and oxygen atoms in total. The van der Waals surface area contributed by atoms with Gasteiger partial charge < -0.3 is 10.1 Å². The first kappa shape index (κ1) is 17.0. The molecule has 22 heavy (non-hydrogen) atoms. The zero-order valence-corrected chi connectivity index (χ0v) is 12.4. The number of benzene rings is 1. The molecule has 0 aromatic heterocycles. The van der Waals surface area contributed by atoms with E-state index in [1.165, 1.54) is 25.3 Å². The summed E-state index contributed by atoms with van der Waals surface area (Å²) in [4.78, 5) is 2.00. The molecule has 124 valence electrons. The number of rotatable bonds is 5. The number of methoxy groups -OCH3 is 1. The van der Waals surface area contributed by atoms with E-state index in [0.717, 1.165) is 13.1 Å². The lowest BCUT2D eigenvalue weighted by Crippen LogP contribution is -2.45. The zero-order valence-electron chi connectivity index (χ0n) is 12.4. The molecule has 1 aliphatic rings. The van der Waals surface area contributed by atoms with Gasteiger partial charge in [0, 0.05) is 50.3 Å². The van der Waals surface area contributed by atoms with E-state index in [4.69, 9.17) is 4.74 Å². The van der Waals surface area contributed by atoms with Crippen molar-refractivity contribution < 1.29 is 22.3 Å². The molecule has 1 aromatic carbocycles. The van der Waals surface area contributed by atoms with Gasteiger partial charge in [0.25, 0.3) is 0 Å². The van der Waals surface area contributed by atoms with Crippen LogP contribution in [0.25, 0.3) is 0 Å². The van der Waals surface area contributed by atoms with Gasteiger partial charge in [0.05, 0.1) is 7.11 Å². The number of nitrogens with one attached hydrogen (secondary N) is 1. The summed E-state index contributed by atoms with van der Waals surface area (Å²) < 4.78 is 56.4. The van der Waals surface area contributed by atoms with Crippen LogP contribution in [0.5, 0.6) is 5.75 Å². The molecule has 1 aromatic rings. The molecule has 0 amide bonds. The number of hydrogen-bond donors (Lipinski definition) is 1. The van der Waals surface area contributed by atoms with Gasteiger partial charge in [0.15, 0.2) is 0 Å². The molecule has 0 unspecified atom stereocenters. The summed E-state index contributed by atoms with van der Waals surface area (Å²) >= 11 is 0. The second-order valence-corrected chi connectivity index (χ2v) is 5.34. The third-order valence-electron chi connectivity index (χ3n) is 3.85. The number of halogens is 4. The van der Waals surface area contributed by atoms with Gasteiger partial charge >= 0.3 is 6.18 Å². The van der Waals surface area contributed by atoms with Crippen LogP contribution in [0.15, 0.2) is 18.2 Å². The molecule has 0 radical (unpaired) electrons. The molecular formula is C15H20F4N2O. The van der Waals surface area contributed by atoms with Crippen molar-refractivity contribution >= 4 is 0 Å². The third-order valence-corrected chi connectivity index (χ3v) is 3.85. The smallest absolute Gasteiger partial charge is 0.389 e. The average molecular weight is 320 g/mol. The van der Waals surface area contributed by atoms with E-state index in [1.807, 2.05) is 4.90 Å². The normalized spacial score (nSPS) is 18.2. The zero-order chi connectivity index (χ0) is 16.2. The van der Waals surface area contributed by atoms with Crippen LogP contribution in [0, 0.1) is 5.82 Å². The van der Waals surface area contributed by atoms with Crippen LogP contribution in [0.4, 0.5) is 17.6 Å². The molecule has 0 saturated carbocycles. The molecule has 1 saturated heterocycles. The highest BCUT2D eigenvalue weighted by Gasteiger charge is 2.32. The number of alkyl halides is 3. The van der Waals surface area contributed by atoms with Crippen molar-refractivity contribution in [1.29, 1.82) is 0 Å². The Bertz CT molecular complexity index is 487. The van der Waals surface area contributed by atoms with E-state index in [0.29, 0.717) is 24.4 Å². The Hall–Kier alpha value is -1.34. The molecule has 0 spiro atoms. The maximum absolute atomic E-state index is 13.3. The molecule has 1 aliphatic heterocycles. The topological polar surface area (TPSA) is 24.5 Å². The van der Waals surface area contributed by atoms with Gasteiger partial charge in [-0.2, -0.15) is 13.2 Å². The van der Waals surface area contributed by atoms with E-state index in [1.54, 1.807) is 0 Å². The lowest BCUT2D eigenvalue weighted by atomic mass is 9.98. The van der Waals surface area contributed by atoms with Gasteiger partial charge in [0.1, 0.15) is 11.6 Å². The first-order valence-electron chi connectivity index (χ1n) is 7.25. The summed E-state index contributed by atoms with van der Waals surface area (Å²) in [5, 5.41) is 3.18. The minimum absolute atomic E-state index is 0.0640. The highest BCUT2D eigenvalue weighted by atomic mass is 19.4. The lowest BCUT2D eigenvalue weighted by Gasteiger charge is -2.36. The first-order chi connectivity index (χ1) is 10.4. The largest absolute Gasteiger partial charge is 0.496 e. The highest BCUT2D eigenvalue weighted by molar-refractivity contribution is 5.36. The van der Waals surface area contributed by atoms with Crippen LogP contribution in [0.1, 0.15) is 24.4 Å². The van der Waals surface area contributed by atoms with E-state index in [-0.39, 0.29) is 6.42 Å². The number of nitrogens with zero attached hydrogens (tertiary/aromatic N) is 1. The molecular weight excluding hydrogens is 300 g/mol. The quantitative estimate of drug-likeness (QED) is 0.844. The Morgan fingerprint density at radius 2 is 1.95 bits per heavy atom. The molecule has 2 rings (SSSR count). The second-order valence-electron chi connectivity index (χ2n) is 5.34. The minimum Gasteiger partial charge on any atom is -0.496 e. The maximum Gasteiger partial charge on any atom is 0.389 e. The monoisotopic (exact) mass is 320 g/mol. The van der Waals surface area contributed by atoms with Crippen molar-refractivity contribution in [3.05, 3.63) is 29.6 Å². The SMILES string of the molecule is COc1cc(F)ccc1[C@@H](CCC(F)(F)F)N1CCNCC1. The summed E-state index contributed by atoms with van der Waals surface area (Å²) in [6.45, 7) is 2.77. The number of hydrogen-bond acceptors (Lipinski definition) is 3. The van der Waals surface area contributed by atoms with Gasteiger partial charge in [-0.25, -0.2) is 4.39 Å². The van der Waals surface area contributed by atoms with Crippen LogP contribution in [-0.2, 0) is 0 Å². The Morgan fingerprint density at radius 3 is 2.55 bits per heavy atom. The van der Waals surface area contributed by atoms with Crippen molar-refractivity contribution in [2.75, 3.05) is 33.3 Å². The lowest BCUT2D eigenvalue weighted by molar-refractivity contribution is -0.138. The summed E-state index contributed by atoms with van der Waals surface area (Å²) in [7, 11) is 1.40. The maximum atomic E-state index is 13.3. The van der Waals surface area contributed by atoms with Crippen LogP contribution in [-0.4, -0.2) is 44.4 Å². The number of ether oxygens (including phenoxy) is 1. The molecule has 7 heteroatoms. The summed E-state index contributed by atoms with van der Waals surface area (Å²) in [6, 6.07) is 3.58. The Balaban J connectivity index is 2.26. The molecule has 0 bridgehead atoms. The van der Waals surface area contributed by atoms with E-state index in [9.17, 15) is 17.6 Å². The van der Waals surface area contributed by atoms with Gasteiger partial charge in [-0.05, 0) is 12.5 Å². The second kappa shape index (κ2) is 7.28. The van der Waals surface area contributed by atoms with Gasteiger partial charge in [-0.1, -0.05) is 6.07 Å². The van der Waals surface area contributed by atoms with Gasteiger partial charge in [-0.3, -0.25) is 4.90 Å². The molecule has 1 atom stereocenters. The van der Waals surface area contributed by atoms with Crippen molar-refractivity contribution in [1.82, 2.24) is 10.2 Å². The summed E-state index contributed by atoms with van der Waals surface area (Å²) in [5.41, 5.74) is 0.607. The fourth-order valence-corrected chi connectivity index (χ4v) is 2.79. The highest BCUT2D eigenvalue weighted by Crippen LogP contribution is 2.36. The predicted molar refractivity (Wildman–Crippen MR) is 75.4 cm³/mol. The minimum atomic E-state index is -4.21. The Labute approximate surface area is 127 Å². The van der Waals surface area contributed by atoms with Crippen molar-refractivity contribution in [2.45, 2.75) is 25.1 Å². The number of piperazine rings is 1. The average Bonchev–Trinajstić information content (AvgIpc) is 2.48. The third kappa shape index (κ3) is 4.58. The van der Waals surface area contributed by atoms with Crippen molar-refractivity contribution in [3.63, 3.8) is 0 Å². The van der Waals surface area contributed by atoms with Crippen LogP contribution < -0.4 is 10.1 Å². The van der Waals surface area contributed by atoms with Gasteiger partial charge in [-0.15, -0.1) is 0 Å². The van der Waals surface area contributed by atoms with Crippen molar-refractivity contribution in [3.8, 4) is 5.75 Å². The fraction of sp³-hybridized carbons (Fsp3) is 0.600. The Kier molecular flexibility index (Phi) is 5.63. The fourth-order valence-electron chi connectivity index (χ4n) is 2.79. The molecule has 1 N–H and O–H groups in total. The molecule has 0 aliphatic carbocycles. The first-order valence-corrected chi connectivity index (χ1v) is 7.25. The predicted octanol–water partition coefficient (Wildman–Crippen LogP) is 3.12.